The molecule has 10 heteroatoms. The zero-order chi connectivity index (χ0) is 33.1. The molecule has 1 atom stereocenters. The van der Waals surface area contributed by atoms with Crippen molar-refractivity contribution in [3.63, 3.8) is 0 Å². The molecule has 0 saturated carbocycles. The van der Waals surface area contributed by atoms with E-state index in [2.05, 4.69) is 5.32 Å². The molecule has 4 rings (SSSR count). The van der Waals surface area contributed by atoms with Crippen molar-refractivity contribution >= 4 is 39.1 Å². The Morgan fingerprint density at radius 3 is 2.17 bits per heavy atom. The van der Waals surface area contributed by atoms with E-state index in [4.69, 9.17) is 16.3 Å². The van der Waals surface area contributed by atoms with Gasteiger partial charge >= 0.3 is 0 Å². The van der Waals surface area contributed by atoms with Crippen molar-refractivity contribution in [2.24, 2.45) is 0 Å². The lowest BCUT2D eigenvalue weighted by Gasteiger charge is -2.34. The van der Waals surface area contributed by atoms with Crippen LogP contribution in [-0.4, -0.2) is 51.4 Å². The van der Waals surface area contributed by atoms with Crippen LogP contribution in [0.25, 0.3) is 0 Å². The van der Waals surface area contributed by atoms with Crippen LogP contribution in [0, 0.1) is 6.92 Å². The van der Waals surface area contributed by atoms with Gasteiger partial charge in [0.2, 0.25) is 11.8 Å². The number of nitrogens with one attached hydrogen (secondary N) is 1. The third-order valence-corrected chi connectivity index (χ3v) is 9.63. The van der Waals surface area contributed by atoms with E-state index in [1.54, 1.807) is 60.7 Å². The zero-order valence-corrected chi connectivity index (χ0v) is 27.9. The van der Waals surface area contributed by atoms with E-state index < -0.39 is 28.5 Å². The average molecular weight is 662 g/mol. The predicted octanol–water partition coefficient (Wildman–Crippen LogP) is 6.41. The van der Waals surface area contributed by atoms with Gasteiger partial charge in [-0.2, -0.15) is 0 Å². The largest absolute Gasteiger partial charge is 0.495 e. The Morgan fingerprint density at radius 1 is 0.870 bits per heavy atom. The van der Waals surface area contributed by atoms with E-state index in [1.807, 2.05) is 44.2 Å². The topological polar surface area (TPSA) is 96.0 Å². The molecule has 0 heterocycles. The van der Waals surface area contributed by atoms with Crippen LogP contribution in [0.4, 0.5) is 5.69 Å². The highest BCUT2D eigenvalue weighted by atomic mass is 35.5. The minimum absolute atomic E-state index is 0.0270. The number of amides is 2. The summed E-state index contributed by atoms with van der Waals surface area (Å²) in [7, 11) is -2.80. The van der Waals surface area contributed by atoms with Gasteiger partial charge in [0, 0.05) is 24.5 Å². The lowest BCUT2D eigenvalue weighted by molar-refractivity contribution is -0.140. The molecule has 1 unspecified atom stereocenters. The quantitative estimate of drug-likeness (QED) is 0.149. The maximum atomic E-state index is 14.6. The summed E-state index contributed by atoms with van der Waals surface area (Å²) in [6.45, 7) is 3.84. The number of sulfonamides is 1. The molecular weight excluding hydrogens is 622 g/mol. The number of rotatable bonds is 15. The van der Waals surface area contributed by atoms with Gasteiger partial charge in [0.15, 0.2) is 0 Å². The molecule has 46 heavy (non-hydrogen) atoms. The molecule has 4 aromatic rings. The maximum Gasteiger partial charge on any atom is 0.264 e. The highest BCUT2D eigenvalue weighted by Crippen LogP contribution is 2.33. The van der Waals surface area contributed by atoms with Gasteiger partial charge in [0.25, 0.3) is 10.0 Å². The number of methoxy groups -OCH3 is 1. The summed E-state index contributed by atoms with van der Waals surface area (Å²) in [5, 5.41) is 3.53. The van der Waals surface area contributed by atoms with Crippen molar-refractivity contribution in [3.05, 3.63) is 125 Å². The molecule has 0 aliphatic heterocycles. The fraction of sp³-hybridized carbons (Fsp3) is 0.278. The number of hydrogen-bond donors (Lipinski definition) is 1. The summed E-state index contributed by atoms with van der Waals surface area (Å²) in [4.78, 5) is 29.9. The molecule has 4 aromatic carbocycles. The molecule has 0 aliphatic carbocycles. The molecule has 0 fully saturated rings. The van der Waals surface area contributed by atoms with Gasteiger partial charge in [-0.15, -0.1) is 0 Å². The zero-order valence-electron chi connectivity index (χ0n) is 26.4. The molecule has 1 N–H and O–H groups in total. The summed E-state index contributed by atoms with van der Waals surface area (Å²) < 4.78 is 35.1. The Balaban J connectivity index is 1.81. The first-order valence-electron chi connectivity index (χ1n) is 15.2. The van der Waals surface area contributed by atoms with Crippen molar-refractivity contribution in [1.82, 2.24) is 10.2 Å². The lowest BCUT2D eigenvalue weighted by atomic mass is 10.0. The Morgan fingerprint density at radius 2 is 1.52 bits per heavy atom. The number of anilines is 1. The van der Waals surface area contributed by atoms with Crippen LogP contribution >= 0.6 is 11.6 Å². The smallest absolute Gasteiger partial charge is 0.264 e. The Labute approximate surface area is 277 Å². The second kappa shape index (κ2) is 16.3. The van der Waals surface area contributed by atoms with E-state index >= 15 is 0 Å². The van der Waals surface area contributed by atoms with Crippen LogP contribution in [0.2, 0.25) is 5.02 Å². The Bertz CT molecular complexity index is 1700. The summed E-state index contributed by atoms with van der Waals surface area (Å²) in [5.41, 5.74) is 2.70. The van der Waals surface area contributed by atoms with Crippen molar-refractivity contribution in [2.75, 3.05) is 24.5 Å². The van der Waals surface area contributed by atoms with Crippen molar-refractivity contribution in [1.29, 1.82) is 0 Å². The van der Waals surface area contributed by atoms with Gasteiger partial charge < -0.3 is 15.0 Å². The summed E-state index contributed by atoms with van der Waals surface area (Å²) >= 11 is 6.16. The van der Waals surface area contributed by atoms with Gasteiger partial charge in [0.1, 0.15) is 18.3 Å². The third-order valence-electron chi connectivity index (χ3n) is 7.61. The fourth-order valence-electron chi connectivity index (χ4n) is 5.03. The molecule has 0 bridgehead atoms. The molecule has 0 aromatic heterocycles. The molecule has 2 amide bonds. The predicted molar refractivity (Wildman–Crippen MR) is 183 cm³/mol. The molecule has 0 spiro atoms. The highest BCUT2D eigenvalue weighted by Gasteiger charge is 2.35. The standard InChI is InChI=1S/C36H40ClN3O5S/c1-4-5-23-38-36(42)33(24-28-11-7-6-8-12-28)39(25-29-17-19-30(37)20-18-29)35(41)26-40(32-13-9-10-14-34(32)45-3)46(43,44)31-21-15-27(2)16-22-31/h6-22,33H,4-5,23-26H2,1-3H3,(H,38,42). The monoisotopic (exact) mass is 661 g/mol. The molecule has 242 valence electrons. The minimum Gasteiger partial charge on any atom is -0.495 e. The summed E-state index contributed by atoms with van der Waals surface area (Å²) in [5.74, 6) is -0.582. The van der Waals surface area contributed by atoms with E-state index in [-0.39, 0.29) is 35.2 Å². The Hall–Kier alpha value is -4.34. The summed E-state index contributed by atoms with van der Waals surface area (Å²) in [6.07, 6.45) is 1.91. The van der Waals surface area contributed by atoms with E-state index in [9.17, 15) is 18.0 Å². The first-order valence-corrected chi connectivity index (χ1v) is 17.0. The normalized spacial score (nSPS) is 11.8. The van der Waals surface area contributed by atoms with Crippen molar-refractivity contribution in [3.8, 4) is 5.75 Å². The maximum absolute atomic E-state index is 14.6. The van der Waals surface area contributed by atoms with Crippen LogP contribution in [0.3, 0.4) is 0 Å². The fourth-order valence-corrected chi connectivity index (χ4v) is 6.58. The van der Waals surface area contributed by atoms with Crippen LogP contribution in [-0.2, 0) is 32.6 Å². The van der Waals surface area contributed by atoms with Crippen LogP contribution in [0.15, 0.2) is 108 Å². The molecule has 0 saturated heterocycles. The molecule has 8 nitrogen and oxygen atoms in total. The first kappa shape index (κ1) is 34.5. The number of ether oxygens (including phenoxy) is 1. The average Bonchev–Trinajstić information content (AvgIpc) is 3.06. The number of carbonyl (C=O) groups excluding carboxylic acids is 2. The van der Waals surface area contributed by atoms with Crippen molar-refractivity contribution < 1.29 is 22.7 Å². The van der Waals surface area contributed by atoms with Gasteiger partial charge in [-0.1, -0.05) is 97.2 Å². The SMILES string of the molecule is CCCCNC(=O)C(Cc1ccccc1)N(Cc1ccc(Cl)cc1)C(=O)CN(c1ccccc1OC)S(=O)(=O)c1ccc(C)cc1. The van der Waals surface area contributed by atoms with Gasteiger partial charge in [-0.25, -0.2) is 8.42 Å². The number of unbranched alkanes of at least 4 members (excludes halogenated alkanes) is 1. The van der Waals surface area contributed by atoms with E-state index in [1.165, 1.54) is 24.1 Å². The van der Waals surface area contributed by atoms with Crippen LogP contribution in [0.1, 0.15) is 36.5 Å². The number of para-hydroxylation sites is 2. The number of aryl methyl sites for hydroxylation is 1. The second-order valence-corrected chi connectivity index (χ2v) is 13.3. The Kier molecular flexibility index (Phi) is 12.2. The van der Waals surface area contributed by atoms with Gasteiger partial charge in [-0.3, -0.25) is 13.9 Å². The minimum atomic E-state index is -4.25. The summed E-state index contributed by atoms with van der Waals surface area (Å²) in [6, 6.07) is 28.6. The molecular formula is C36H40ClN3O5S. The number of hydrogen-bond acceptors (Lipinski definition) is 5. The second-order valence-electron chi connectivity index (χ2n) is 11.0. The molecule has 0 radical (unpaired) electrons. The van der Waals surface area contributed by atoms with Gasteiger partial charge in [-0.05, 0) is 60.9 Å². The third kappa shape index (κ3) is 8.89. The van der Waals surface area contributed by atoms with Gasteiger partial charge in [0.05, 0.1) is 17.7 Å². The highest BCUT2D eigenvalue weighted by molar-refractivity contribution is 7.92. The first-order chi connectivity index (χ1) is 22.1. The number of benzene rings is 4. The van der Waals surface area contributed by atoms with Crippen LogP contribution < -0.4 is 14.4 Å². The number of carbonyl (C=O) groups is 2. The lowest BCUT2D eigenvalue weighted by Crippen LogP contribution is -2.53. The number of nitrogens with zero attached hydrogens (tertiary/aromatic N) is 2. The van der Waals surface area contributed by atoms with E-state index in [0.717, 1.165) is 33.8 Å². The molecule has 0 aliphatic rings. The number of halogens is 1. The van der Waals surface area contributed by atoms with Crippen molar-refractivity contribution in [2.45, 2.75) is 50.6 Å². The van der Waals surface area contributed by atoms with Crippen LogP contribution in [0.5, 0.6) is 5.75 Å². The van der Waals surface area contributed by atoms with E-state index in [0.29, 0.717) is 11.6 Å².